The van der Waals surface area contributed by atoms with Gasteiger partial charge in [-0.25, -0.2) is 0 Å². The van der Waals surface area contributed by atoms with Crippen LogP contribution in [0.2, 0.25) is 0 Å². The second kappa shape index (κ2) is 6.06. The summed E-state index contributed by atoms with van der Waals surface area (Å²) in [5, 5.41) is 0. The van der Waals surface area contributed by atoms with Gasteiger partial charge in [0.1, 0.15) is 5.75 Å². The van der Waals surface area contributed by atoms with Crippen LogP contribution in [0.1, 0.15) is 31.7 Å². The van der Waals surface area contributed by atoms with Crippen molar-refractivity contribution in [1.82, 2.24) is 4.90 Å². The van der Waals surface area contributed by atoms with Crippen molar-refractivity contribution in [3.05, 3.63) is 29.8 Å². The van der Waals surface area contributed by atoms with Crippen LogP contribution in [0, 0.1) is 5.92 Å². The van der Waals surface area contributed by atoms with Gasteiger partial charge in [-0.15, -0.1) is 0 Å². The molecular formula is C15H23NO. The van der Waals surface area contributed by atoms with Crippen LogP contribution in [0.3, 0.4) is 0 Å². The standard InChI is InChI=1S/C15H23NO/c1-3-13-8-10-16(11-9-13)12-14-4-6-15(17-2)7-5-14/h4-7,13H,3,8-12H2,1-2H3. The molecule has 94 valence electrons. The molecule has 17 heavy (non-hydrogen) atoms. The number of likely N-dealkylation sites (tertiary alicyclic amines) is 1. The maximum absolute atomic E-state index is 5.17. The Morgan fingerprint density at radius 1 is 1.18 bits per heavy atom. The highest BCUT2D eigenvalue weighted by Crippen LogP contribution is 2.21. The third-order valence-corrected chi connectivity index (χ3v) is 3.85. The zero-order chi connectivity index (χ0) is 12.1. The Balaban J connectivity index is 1.84. The molecule has 0 aromatic heterocycles. The third kappa shape index (κ3) is 3.47. The quantitative estimate of drug-likeness (QED) is 0.791. The van der Waals surface area contributed by atoms with Gasteiger partial charge in [-0.05, 0) is 49.5 Å². The fraction of sp³-hybridized carbons (Fsp3) is 0.600. The van der Waals surface area contributed by atoms with Gasteiger partial charge in [-0.3, -0.25) is 4.90 Å². The monoisotopic (exact) mass is 233 g/mol. The molecule has 0 N–H and O–H groups in total. The van der Waals surface area contributed by atoms with Gasteiger partial charge in [-0.2, -0.15) is 0 Å². The molecule has 2 rings (SSSR count). The van der Waals surface area contributed by atoms with Crippen LogP contribution in [0.5, 0.6) is 5.75 Å². The van der Waals surface area contributed by atoms with Gasteiger partial charge in [0.05, 0.1) is 7.11 Å². The van der Waals surface area contributed by atoms with Crippen LogP contribution in [0.15, 0.2) is 24.3 Å². The first kappa shape index (κ1) is 12.4. The van der Waals surface area contributed by atoms with Crippen molar-refractivity contribution in [2.45, 2.75) is 32.7 Å². The number of ether oxygens (including phenoxy) is 1. The topological polar surface area (TPSA) is 12.5 Å². The van der Waals surface area contributed by atoms with E-state index in [2.05, 4.69) is 24.0 Å². The lowest BCUT2D eigenvalue weighted by atomic mass is 9.94. The molecule has 1 aromatic carbocycles. The number of hydrogen-bond donors (Lipinski definition) is 0. The molecule has 0 unspecified atom stereocenters. The van der Waals surface area contributed by atoms with Crippen molar-refractivity contribution in [2.75, 3.05) is 20.2 Å². The molecule has 1 fully saturated rings. The van der Waals surface area contributed by atoms with E-state index >= 15 is 0 Å². The molecule has 1 heterocycles. The van der Waals surface area contributed by atoms with E-state index in [-0.39, 0.29) is 0 Å². The minimum absolute atomic E-state index is 0.943. The van der Waals surface area contributed by atoms with Crippen LogP contribution >= 0.6 is 0 Å². The predicted octanol–water partition coefficient (Wildman–Crippen LogP) is 3.32. The molecule has 0 amide bonds. The normalized spacial score (nSPS) is 18.2. The zero-order valence-electron chi connectivity index (χ0n) is 11.0. The van der Waals surface area contributed by atoms with Gasteiger partial charge < -0.3 is 4.74 Å². The molecular weight excluding hydrogens is 210 g/mol. The molecule has 0 bridgehead atoms. The van der Waals surface area contributed by atoms with E-state index in [4.69, 9.17) is 4.74 Å². The Bertz CT molecular complexity index is 325. The summed E-state index contributed by atoms with van der Waals surface area (Å²) >= 11 is 0. The summed E-state index contributed by atoms with van der Waals surface area (Å²) in [5.41, 5.74) is 1.39. The Kier molecular flexibility index (Phi) is 4.43. The highest BCUT2D eigenvalue weighted by Gasteiger charge is 2.17. The Labute approximate surface area is 105 Å². The Morgan fingerprint density at radius 2 is 1.82 bits per heavy atom. The van der Waals surface area contributed by atoms with Gasteiger partial charge in [0.15, 0.2) is 0 Å². The third-order valence-electron chi connectivity index (χ3n) is 3.85. The number of rotatable bonds is 4. The second-order valence-corrected chi connectivity index (χ2v) is 4.98. The number of benzene rings is 1. The van der Waals surface area contributed by atoms with Crippen LogP contribution in [0.25, 0.3) is 0 Å². The summed E-state index contributed by atoms with van der Waals surface area (Å²) in [4.78, 5) is 2.56. The van der Waals surface area contributed by atoms with Crippen LogP contribution < -0.4 is 4.74 Å². The molecule has 0 spiro atoms. The predicted molar refractivity (Wildman–Crippen MR) is 71.3 cm³/mol. The Morgan fingerprint density at radius 3 is 2.35 bits per heavy atom. The van der Waals surface area contributed by atoms with Gasteiger partial charge >= 0.3 is 0 Å². The molecule has 1 aliphatic heterocycles. The maximum atomic E-state index is 5.17. The molecule has 2 heteroatoms. The van der Waals surface area contributed by atoms with E-state index in [1.807, 2.05) is 12.1 Å². The number of hydrogen-bond acceptors (Lipinski definition) is 2. The fourth-order valence-electron chi connectivity index (χ4n) is 2.54. The van der Waals surface area contributed by atoms with E-state index in [1.54, 1.807) is 7.11 Å². The smallest absolute Gasteiger partial charge is 0.118 e. The molecule has 2 nitrogen and oxygen atoms in total. The summed E-state index contributed by atoms with van der Waals surface area (Å²) in [6, 6.07) is 8.44. The van der Waals surface area contributed by atoms with Crippen molar-refractivity contribution in [2.24, 2.45) is 5.92 Å². The average Bonchev–Trinajstić information content (AvgIpc) is 2.40. The number of nitrogens with zero attached hydrogens (tertiary/aromatic N) is 1. The van der Waals surface area contributed by atoms with E-state index < -0.39 is 0 Å². The largest absolute Gasteiger partial charge is 0.497 e. The first-order valence-electron chi connectivity index (χ1n) is 6.67. The second-order valence-electron chi connectivity index (χ2n) is 4.98. The van der Waals surface area contributed by atoms with Crippen LogP contribution in [0.4, 0.5) is 0 Å². The number of piperidine rings is 1. The molecule has 0 atom stereocenters. The summed E-state index contributed by atoms with van der Waals surface area (Å²) < 4.78 is 5.17. The summed E-state index contributed by atoms with van der Waals surface area (Å²) in [7, 11) is 1.71. The lowest BCUT2D eigenvalue weighted by Crippen LogP contribution is -2.32. The average molecular weight is 233 g/mol. The molecule has 1 aromatic rings. The van der Waals surface area contributed by atoms with Crippen LogP contribution in [-0.2, 0) is 6.54 Å². The SMILES string of the molecule is CCC1CCN(Cc2ccc(OC)cc2)CC1. The first-order chi connectivity index (χ1) is 8.31. The lowest BCUT2D eigenvalue weighted by Gasteiger charge is -2.31. The lowest BCUT2D eigenvalue weighted by molar-refractivity contribution is 0.175. The summed E-state index contributed by atoms with van der Waals surface area (Å²) in [6.45, 7) is 5.90. The summed E-state index contributed by atoms with van der Waals surface area (Å²) in [5.74, 6) is 1.90. The summed E-state index contributed by atoms with van der Waals surface area (Å²) in [6.07, 6.45) is 4.08. The first-order valence-corrected chi connectivity index (χ1v) is 6.67. The van der Waals surface area contributed by atoms with E-state index in [0.717, 1.165) is 18.2 Å². The van der Waals surface area contributed by atoms with Gasteiger partial charge in [0.25, 0.3) is 0 Å². The fourth-order valence-corrected chi connectivity index (χ4v) is 2.54. The maximum Gasteiger partial charge on any atom is 0.118 e. The van der Waals surface area contributed by atoms with Gasteiger partial charge in [-0.1, -0.05) is 25.5 Å². The minimum Gasteiger partial charge on any atom is -0.497 e. The molecule has 1 aliphatic rings. The highest BCUT2D eigenvalue weighted by atomic mass is 16.5. The van der Waals surface area contributed by atoms with E-state index in [9.17, 15) is 0 Å². The van der Waals surface area contributed by atoms with Crippen molar-refractivity contribution in [1.29, 1.82) is 0 Å². The molecule has 0 saturated carbocycles. The van der Waals surface area contributed by atoms with Gasteiger partial charge in [0, 0.05) is 6.54 Å². The zero-order valence-corrected chi connectivity index (χ0v) is 11.0. The van der Waals surface area contributed by atoms with Crippen molar-refractivity contribution in [3.63, 3.8) is 0 Å². The highest BCUT2D eigenvalue weighted by molar-refractivity contribution is 5.27. The molecule has 0 radical (unpaired) electrons. The van der Waals surface area contributed by atoms with Crippen molar-refractivity contribution >= 4 is 0 Å². The molecule has 0 aliphatic carbocycles. The van der Waals surface area contributed by atoms with Crippen molar-refractivity contribution < 1.29 is 4.74 Å². The van der Waals surface area contributed by atoms with E-state index in [0.29, 0.717) is 0 Å². The van der Waals surface area contributed by atoms with Crippen molar-refractivity contribution in [3.8, 4) is 5.75 Å². The number of methoxy groups -OCH3 is 1. The molecule has 1 saturated heterocycles. The van der Waals surface area contributed by atoms with Gasteiger partial charge in [0.2, 0.25) is 0 Å². The Hall–Kier alpha value is -1.02. The minimum atomic E-state index is 0.943. The van der Waals surface area contributed by atoms with Crippen LogP contribution in [-0.4, -0.2) is 25.1 Å². The van der Waals surface area contributed by atoms with E-state index in [1.165, 1.54) is 37.9 Å².